The first-order valence-corrected chi connectivity index (χ1v) is 22.7. The fourth-order valence-corrected chi connectivity index (χ4v) is 8.79. The number of nitrogens with two attached hydrogens (primary N) is 2. The lowest BCUT2D eigenvalue weighted by molar-refractivity contribution is -0.0800. The molecule has 19 heteroatoms. The molecule has 2 atom stereocenters. The fraction of sp³-hybridized carbons (Fsp3) is 0.388. The first-order chi connectivity index (χ1) is 32.6. The molecule has 4 amide bonds. The van der Waals surface area contributed by atoms with Gasteiger partial charge in [0, 0.05) is 51.5 Å². The maximum atomic E-state index is 14.3. The molecule has 0 radical (unpaired) electrons. The summed E-state index contributed by atoms with van der Waals surface area (Å²) in [4.78, 5) is 63.2. The topological polar surface area (TPSA) is 228 Å². The van der Waals surface area contributed by atoms with Gasteiger partial charge in [0.25, 0.3) is 11.8 Å². The lowest BCUT2D eigenvalue weighted by Crippen LogP contribution is -2.43. The summed E-state index contributed by atoms with van der Waals surface area (Å²) in [5.41, 5.74) is 19.3. The molecule has 68 heavy (non-hydrogen) atoms. The van der Waals surface area contributed by atoms with E-state index in [0.29, 0.717) is 76.4 Å². The van der Waals surface area contributed by atoms with E-state index in [-0.39, 0.29) is 37.5 Å². The van der Waals surface area contributed by atoms with Gasteiger partial charge in [-0.25, -0.2) is 0 Å². The van der Waals surface area contributed by atoms with Gasteiger partial charge in [-0.2, -0.15) is 20.2 Å². The maximum Gasteiger partial charge on any atom is 0.298 e. The standard InChI is InChI=1S/C49H60N12O7/c1-10-60-39(22-29(5)54-60)46(64)52-48-56(7)37-25-33(44(50)62)18-21-36(37)58(48)27-41(67-12-3)42(68-13-4)28-59-43-32(17-14-31-15-19-35(66-9)20-16-31)24-34(45(51)63)26-38(43)57(8)49(59)53-47(65)40-23-30(6)55-61(40)11-2/h15-16,18-26,41-42H,10-14,17,27-28H2,1-9H3,(H2,50,62)(H2,51,63)/t41-,42-/m0/s1. The number of carbonyl (C=O) groups is 4. The zero-order valence-corrected chi connectivity index (χ0v) is 40.1. The third-order valence-corrected chi connectivity index (χ3v) is 12.1. The van der Waals surface area contributed by atoms with Gasteiger partial charge in [0.15, 0.2) is 0 Å². The summed E-state index contributed by atoms with van der Waals surface area (Å²) in [6.45, 7) is 13.0. The van der Waals surface area contributed by atoms with E-state index in [1.807, 2.05) is 74.9 Å². The minimum atomic E-state index is -0.714. The van der Waals surface area contributed by atoms with Crippen LogP contribution in [0.5, 0.6) is 5.75 Å². The van der Waals surface area contributed by atoms with E-state index in [9.17, 15) is 19.2 Å². The van der Waals surface area contributed by atoms with Crippen LogP contribution in [0.2, 0.25) is 0 Å². The summed E-state index contributed by atoms with van der Waals surface area (Å²) < 4.78 is 29.2. The number of primary amides is 2. The molecule has 7 rings (SSSR count). The molecule has 4 N–H and O–H groups in total. The molecule has 0 aliphatic heterocycles. The number of aryl methyl sites for hydroxylation is 8. The molecule has 0 aliphatic carbocycles. The van der Waals surface area contributed by atoms with E-state index < -0.39 is 35.8 Å². The molecule has 19 nitrogen and oxygen atoms in total. The number of methoxy groups -OCH3 is 1. The van der Waals surface area contributed by atoms with Crippen LogP contribution in [0.25, 0.3) is 22.1 Å². The van der Waals surface area contributed by atoms with Crippen molar-refractivity contribution in [1.82, 2.24) is 37.8 Å². The maximum absolute atomic E-state index is 14.3. The van der Waals surface area contributed by atoms with Crippen molar-refractivity contribution >= 4 is 45.7 Å². The molecule has 0 bridgehead atoms. The molecule has 4 heterocycles. The Morgan fingerprint density at radius 2 is 1.15 bits per heavy atom. The van der Waals surface area contributed by atoms with Crippen LogP contribution in [-0.4, -0.2) is 94.0 Å². The van der Waals surface area contributed by atoms with Gasteiger partial charge in [-0.3, -0.25) is 28.5 Å². The van der Waals surface area contributed by atoms with Crippen LogP contribution in [0.15, 0.2) is 76.7 Å². The van der Waals surface area contributed by atoms with E-state index in [0.717, 1.165) is 22.4 Å². The van der Waals surface area contributed by atoms with Gasteiger partial charge in [-0.05, 0) is 120 Å². The molecule has 3 aromatic carbocycles. The van der Waals surface area contributed by atoms with Gasteiger partial charge in [-0.15, -0.1) is 0 Å². The van der Waals surface area contributed by atoms with Crippen molar-refractivity contribution < 1.29 is 33.4 Å². The second kappa shape index (κ2) is 20.6. The molecule has 0 aliphatic rings. The number of ether oxygens (including phenoxy) is 3. The molecule has 7 aromatic rings. The molecule has 4 aromatic heterocycles. The largest absolute Gasteiger partial charge is 0.497 e. The summed E-state index contributed by atoms with van der Waals surface area (Å²) in [6.07, 6.45) is -0.326. The summed E-state index contributed by atoms with van der Waals surface area (Å²) in [5, 5.41) is 8.96. The Morgan fingerprint density at radius 1 is 0.632 bits per heavy atom. The number of carbonyl (C=O) groups excluding carboxylic acids is 4. The third-order valence-electron chi connectivity index (χ3n) is 12.1. The van der Waals surface area contributed by atoms with Crippen LogP contribution in [-0.2, 0) is 62.6 Å². The van der Waals surface area contributed by atoms with Crippen molar-refractivity contribution in [2.45, 2.75) is 92.8 Å². The van der Waals surface area contributed by atoms with Crippen LogP contribution >= 0.6 is 0 Å². The number of rotatable bonds is 19. The van der Waals surface area contributed by atoms with Crippen LogP contribution in [0.3, 0.4) is 0 Å². The van der Waals surface area contributed by atoms with Crippen LogP contribution in [0.1, 0.15) is 91.9 Å². The number of hydrogen-bond acceptors (Lipinski definition) is 9. The third kappa shape index (κ3) is 9.84. The highest BCUT2D eigenvalue weighted by molar-refractivity contribution is 5.98. The molecule has 0 unspecified atom stereocenters. The lowest BCUT2D eigenvalue weighted by Gasteiger charge is -2.28. The van der Waals surface area contributed by atoms with Crippen molar-refractivity contribution in [3.8, 4) is 5.75 Å². The molecular weight excluding hydrogens is 869 g/mol. The smallest absolute Gasteiger partial charge is 0.298 e. The van der Waals surface area contributed by atoms with Crippen molar-refractivity contribution in [1.29, 1.82) is 0 Å². The average Bonchev–Trinajstić information content (AvgIpc) is 4.05. The molecular formula is C49H60N12O7. The predicted octanol–water partition coefficient (Wildman–Crippen LogP) is 4.31. The van der Waals surface area contributed by atoms with E-state index in [4.69, 9.17) is 35.7 Å². The summed E-state index contributed by atoms with van der Waals surface area (Å²) in [5.74, 6) is -1.48. The summed E-state index contributed by atoms with van der Waals surface area (Å²) in [7, 11) is 5.18. The minimum Gasteiger partial charge on any atom is -0.497 e. The Morgan fingerprint density at radius 3 is 1.66 bits per heavy atom. The second-order valence-corrected chi connectivity index (χ2v) is 16.5. The SMILES string of the molecule is CCO[C@@H](Cn1c(=NC(=O)c2cc(C)nn2CC)n(C)c2cc(C(N)=O)ccc21)[C@H](Cn1c(=NC(=O)c2cc(C)nn2CC)n(C)c2cc(C(N)=O)cc(CCc3ccc(OC)cc3)c21)OCC. The Bertz CT molecular complexity index is 3180. The number of hydrogen-bond donors (Lipinski definition) is 2. The second-order valence-electron chi connectivity index (χ2n) is 16.5. The van der Waals surface area contributed by atoms with Crippen LogP contribution in [0, 0.1) is 13.8 Å². The minimum absolute atomic E-state index is 0.122. The van der Waals surface area contributed by atoms with Gasteiger partial charge in [0.05, 0.1) is 53.7 Å². The highest BCUT2D eigenvalue weighted by Gasteiger charge is 2.29. The number of nitrogens with zero attached hydrogens (tertiary/aromatic N) is 10. The van der Waals surface area contributed by atoms with Gasteiger partial charge in [0.1, 0.15) is 29.3 Å². The molecule has 0 saturated heterocycles. The van der Waals surface area contributed by atoms with E-state index in [2.05, 4.69) is 10.2 Å². The Labute approximate surface area is 393 Å². The van der Waals surface area contributed by atoms with Gasteiger partial charge < -0.3 is 43.9 Å². The zero-order valence-electron chi connectivity index (χ0n) is 40.1. The van der Waals surface area contributed by atoms with Gasteiger partial charge in [-0.1, -0.05) is 12.1 Å². The quantitative estimate of drug-likeness (QED) is 0.118. The molecule has 0 spiro atoms. The van der Waals surface area contributed by atoms with Crippen molar-refractivity contribution in [2.24, 2.45) is 35.5 Å². The Balaban J connectivity index is 1.43. The number of amides is 4. The molecule has 358 valence electrons. The zero-order chi connectivity index (χ0) is 49.0. The first-order valence-electron chi connectivity index (χ1n) is 22.7. The highest BCUT2D eigenvalue weighted by Crippen LogP contribution is 2.26. The Kier molecular flexibility index (Phi) is 14.7. The first kappa shape index (κ1) is 48.6. The van der Waals surface area contributed by atoms with Gasteiger partial charge in [0.2, 0.25) is 23.1 Å². The fourth-order valence-electron chi connectivity index (χ4n) is 8.79. The van der Waals surface area contributed by atoms with Crippen LogP contribution < -0.4 is 27.4 Å². The number of fused-ring (bicyclic) bond motifs is 2. The molecule has 0 saturated carbocycles. The van der Waals surface area contributed by atoms with E-state index in [1.54, 1.807) is 82.2 Å². The molecule has 0 fully saturated rings. The Hall–Kier alpha value is -7.38. The van der Waals surface area contributed by atoms with E-state index in [1.165, 1.54) is 0 Å². The van der Waals surface area contributed by atoms with Crippen molar-refractivity contribution in [3.63, 3.8) is 0 Å². The van der Waals surface area contributed by atoms with E-state index >= 15 is 0 Å². The monoisotopic (exact) mass is 928 g/mol. The normalized spacial score (nSPS) is 13.2. The van der Waals surface area contributed by atoms with Gasteiger partial charge >= 0.3 is 0 Å². The van der Waals surface area contributed by atoms with Crippen molar-refractivity contribution in [3.05, 3.63) is 123 Å². The summed E-state index contributed by atoms with van der Waals surface area (Å²) in [6, 6.07) is 19.8. The van der Waals surface area contributed by atoms with Crippen LogP contribution in [0.4, 0.5) is 0 Å². The number of imidazole rings is 2. The summed E-state index contributed by atoms with van der Waals surface area (Å²) >= 11 is 0. The predicted molar refractivity (Wildman–Crippen MR) is 255 cm³/mol. The number of benzene rings is 3. The van der Waals surface area contributed by atoms with Crippen molar-refractivity contribution in [2.75, 3.05) is 20.3 Å². The lowest BCUT2D eigenvalue weighted by atomic mass is 10.00. The average molecular weight is 929 g/mol. The number of aromatic nitrogens is 8. The highest BCUT2D eigenvalue weighted by atomic mass is 16.5.